The summed E-state index contributed by atoms with van der Waals surface area (Å²) in [5.74, 6) is 0. The van der Waals surface area contributed by atoms with E-state index in [1.807, 2.05) is 0 Å². The summed E-state index contributed by atoms with van der Waals surface area (Å²) in [7, 11) is 1.77. The molecule has 3 heteroatoms. The molecular weight excluding hydrogens is 212 g/mol. The second kappa shape index (κ2) is 6.62. The molecule has 1 aliphatic heterocycles. The van der Waals surface area contributed by atoms with E-state index >= 15 is 0 Å². The van der Waals surface area contributed by atoms with E-state index in [1.54, 1.807) is 7.11 Å². The third-order valence-corrected chi connectivity index (χ3v) is 3.24. The predicted molar refractivity (Wildman–Crippen MR) is 71.7 cm³/mol. The summed E-state index contributed by atoms with van der Waals surface area (Å²) < 4.78 is 5.13. The minimum atomic E-state index is 0.843. The van der Waals surface area contributed by atoms with Gasteiger partial charge in [-0.05, 0) is 24.5 Å². The summed E-state index contributed by atoms with van der Waals surface area (Å²) in [6, 6.07) is 8.76. The average molecular weight is 234 g/mol. The maximum atomic E-state index is 5.13. The quantitative estimate of drug-likeness (QED) is 0.784. The lowest BCUT2D eigenvalue weighted by atomic mass is 10.1. The number of ether oxygens (including phenoxy) is 1. The Morgan fingerprint density at radius 2 is 2.00 bits per heavy atom. The van der Waals surface area contributed by atoms with Gasteiger partial charge in [0, 0.05) is 45.6 Å². The number of rotatable bonds is 5. The van der Waals surface area contributed by atoms with Gasteiger partial charge >= 0.3 is 0 Å². The first-order valence-corrected chi connectivity index (χ1v) is 6.44. The van der Waals surface area contributed by atoms with E-state index in [4.69, 9.17) is 4.74 Å². The van der Waals surface area contributed by atoms with Crippen LogP contribution in [0.2, 0.25) is 0 Å². The molecule has 0 amide bonds. The Hall–Kier alpha value is -1.06. The van der Waals surface area contributed by atoms with Gasteiger partial charge in [-0.15, -0.1) is 0 Å². The van der Waals surface area contributed by atoms with Gasteiger partial charge in [-0.2, -0.15) is 0 Å². The van der Waals surface area contributed by atoms with Crippen LogP contribution in [0, 0.1) is 0 Å². The maximum Gasteiger partial charge on any atom is 0.0465 e. The minimum Gasteiger partial charge on any atom is -0.385 e. The second-order valence-electron chi connectivity index (χ2n) is 4.46. The van der Waals surface area contributed by atoms with Gasteiger partial charge in [0.1, 0.15) is 0 Å². The van der Waals surface area contributed by atoms with Crippen molar-refractivity contribution in [1.29, 1.82) is 0 Å². The monoisotopic (exact) mass is 234 g/mol. The van der Waals surface area contributed by atoms with Crippen molar-refractivity contribution >= 4 is 5.69 Å². The van der Waals surface area contributed by atoms with E-state index in [0.29, 0.717) is 0 Å². The van der Waals surface area contributed by atoms with Gasteiger partial charge in [0.25, 0.3) is 0 Å². The molecule has 0 radical (unpaired) electrons. The Balaban J connectivity index is 2.03. The number of benzene rings is 1. The molecule has 0 atom stereocenters. The molecule has 0 aromatic heterocycles. The molecule has 0 spiro atoms. The number of aryl methyl sites for hydroxylation is 1. The molecular formula is C14H22N2O. The maximum absolute atomic E-state index is 5.13. The molecule has 0 saturated carbocycles. The SMILES string of the molecule is COCCCc1ccccc1N1CCNCC1. The van der Waals surface area contributed by atoms with E-state index in [1.165, 1.54) is 11.3 Å². The highest BCUT2D eigenvalue weighted by atomic mass is 16.5. The van der Waals surface area contributed by atoms with Crippen molar-refractivity contribution in [2.45, 2.75) is 12.8 Å². The Bertz CT molecular complexity index is 335. The number of nitrogens with zero attached hydrogens (tertiary/aromatic N) is 1. The molecule has 3 nitrogen and oxygen atoms in total. The summed E-state index contributed by atoms with van der Waals surface area (Å²) in [5, 5.41) is 3.39. The summed E-state index contributed by atoms with van der Waals surface area (Å²) in [6.07, 6.45) is 2.20. The van der Waals surface area contributed by atoms with Crippen LogP contribution in [0.1, 0.15) is 12.0 Å². The molecule has 2 rings (SSSR count). The van der Waals surface area contributed by atoms with Gasteiger partial charge in [-0.1, -0.05) is 18.2 Å². The number of hydrogen-bond acceptors (Lipinski definition) is 3. The molecule has 1 aromatic rings. The zero-order valence-corrected chi connectivity index (χ0v) is 10.6. The lowest BCUT2D eigenvalue weighted by Gasteiger charge is -2.31. The Labute approximate surface area is 104 Å². The van der Waals surface area contributed by atoms with Crippen molar-refractivity contribution in [1.82, 2.24) is 5.32 Å². The molecule has 1 aliphatic rings. The van der Waals surface area contributed by atoms with Crippen LogP contribution in [-0.2, 0) is 11.2 Å². The Morgan fingerprint density at radius 3 is 2.76 bits per heavy atom. The topological polar surface area (TPSA) is 24.5 Å². The van der Waals surface area contributed by atoms with Gasteiger partial charge in [0.15, 0.2) is 0 Å². The number of hydrogen-bond donors (Lipinski definition) is 1. The molecule has 0 aliphatic carbocycles. The van der Waals surface area contributed by atoms with Gasteiger partial charge in [-0.25, -0.2) is 0 Å². The molecule has 1 N–H and O–H groups in total. The largest absolute Gasteiger partial charge is 0.385 e. The van der Waals surface area contributed by atoms with Crippen LogP contribution in [0.25, 0.3) is 0 Å². The van der Waals surface area contributed by atoms with E-state index in [0.717, 1.165) is 45.6 Å². The third kappa shape index (κ3) is 3.45. The Kier molecular flexibility index (Phi) is 4.83. The van der Waals surface area contributed by atoms with E-state index < -0.39 is 0 Å². The van der Waals surface area contributed by atoms with E-state index in [9.17, 15) is 0 Å². The lowest BCUT2D eigenvalue weighted by Crippen LogP contribution is -2.43. The fourth-order valence-corrected chi connectivity index (χ4v) is 2.34. The van der Waals surface area contributed by atoms with Crippen LogP contribution in [-0.4, -0.2) is 39.9 Å². The van der Waals surface area contributed by atoms with Gasteiger partial charge in [0.05, 0.1) is 0 Å². The normalized spacial score (nSPS) is 16.2. The number of anilines is 1. The Morgan fingerprint density at radius 1 is 1.24 bits per heavy atom. The highest BCUT2D eigenvalue weighted by Crippen LogP contribution is 2.22. The fourth-order valence-electron chi connectivity index (χ4n) is 2.34. The predicted octanol–water partition coefficient (Wildman–Crippen LogP) is 1.68. The first-order valence-electron chi connectivity index (χ1n) is 6.44. The molecule has 17 heavy (non-hydrogen) atoms. The molecule has 1 fully saturated rings. The highest BCUT2D eigenvalue weighted by molar-refractivity contribution is 5.54. The van der Waals surface area contributed by atoms with Crippen LogP contribution >= 0.6 is 0 Å². The lowest BCUT2D eigenvalue weighted by molar-refractivity contribution is 0.195. The van der Waals surface area contributed by atoms with E-state index in [-0.39, 0.29) is 0 Å². The highest BCUT2D eigenvalue weighted by Gasteiger charge is 2.13. The van der Waals surface area contributed by atoms with Gasteiger partial charge < -0.3 is 15.0 Å². The van der Waals surface area contributed by atoms with Crippen LogP contribution in [0.5, 0.6) is 0 Å². The molecule has 1 saturated heterocycles. The number of piperazine rings is 1. The summed E-state index contributed by atoms with van der Waals surface area (Å²) >= 11 is 0. The molecule has 0 bridgehead atoms. The molecule has 94 valence electrons. The third-order valence-electron chi connectivity index (χ3n) is 3.24. The van der Waals surface area contributed by atoms with Gasteiger partial charge in [0.2, 0.25) is 0 Å². The number of methoxy groups -OCH3 is 1. The molecule has 1 aromatic carbocycles. The fraction of sp³-hybridized carbons (Fsp3) is 0.571. The summed E-state index contributed by atoms with van der Waals surface area (Å²) in [5.41, 5.74) is 2.86. The van der Waals surface area contributed by atoms with Crippen molar-refractivity contribution in [3.05, 3.63) is 29.8 Å². The van der Waals surface area contributed by atoms with Crippen molar-refractivity contribution in [2.75, 3.05) is 44.8 Å². The van der Waals surface area contributed by atoms with Crippen molar-refractivity contribution in [3.63, 3.8) is 0 Å². The van der Waals surface area contributed by atoms with E-state index in [2.05, 4.69) is 34.5 Å². The van der Waals surface area contributed by atoms with Crippen molar-refractivity contribution < 1.29 is 4.74 Å². The minimum absolute atomic E-state index is 0.843. The zero-order chi connectivity index (χ0) is 11.9. The first-order chi connectivity index (χ1) is 8.42. The van der Waals surface area contributed by atoms with Crippen LogP contribution in [0.15, 0.2) is 24.3 Å². The standard InChI is InChI=1S/C14H22N2O/c1-17-12-4-6-13-5-2-3-7-14(13)16-10-8-15-9-11-16/h2-3,5,7,15H,4,6,8-12H2,1H3. The van der Waals surface area contributed by atoms with Gasteiger partial charge in [-0.3, -0.25) is 0 Å². The van der Waals surface area contributed by atoms with Crippen molar-refractivity contribution in [3.8, 4) is 0 Å². The number of nitrogens with one attached hydrogen (secondary N) is 1. The molecule has 0 unspecified atom stereocenters. The first kappa shape index (κ1) is 12.4. The zero-order valence-electron chi connectivity index (χ0n) is 10.6. The van der Waals surface area contributed by atoms with Crippen LogP contribution < -0.4 is 10.2 Å². The summed E-state index contributed by atoms with van der Waals surface area (Å²) in [6.45, 7) is 5.25. The number of para-hydroxylation sites is 1. The summed E-state index contributed by atoms with van der Waals surface area (Å²) in [4.78, 5) is 2.48. The average Bonchev–Trinajstić information content (AvgIpc) is 2.41. The van der Waals surface area contributed by atoms with Crippen LogP contribution in [0.4, 0.5) is 5.69 Å². The molecule has 1 heterocycles. The second-order valence-corrected chi connectivity index (χ2v) is 4.46. The smallest absolute Gasteiger partial charge is 0.0465 e. The van der Waals surface area contributed by atoms with Crippen molar-refractivity contribution in [2.24, 2.45) is 0 Å². The van der Waals surface area contributed by atoms with Crippen LogP contribution in [0.3, 0.4) is 0 Å².